The fraction of sp³-hybridized carbons (Fsp3) is 0.625. The number of nitrogen functional groups attached to an aromatic ring is 1. The van der Waals surface area contributed by atoms with Crippen LogP contribution in [-0.2, 0) is 0 Å². The van der Waals surface area contributed by atoms with Gasteiger partial charge in [-0.25, -0.2) is 0 Å². The number of ether oxygens (including phenoxy) is 1. The topological polar surface area (TPSA) is 47.3 Å². The second-order valence-corrected chi connectivity index (χ2v) is 5.99. The molecular weight excluding hydrogens is 236 g/mol. The quantitative estimate of drug-likeness (QED) is 0.822. The van der Waals surface area contributed by atoms with Gasteiger partial charge >= 0.3 is 0 Å². The summed E-state index contributed by atoms with van der Waals surface area (Å²) in [5.74, 6) is 1.45. The van der Waals surface area contributed by atoms with Gasteiger partial charge < -0.3 is 15.8 Å². The van der Waals surface area contributed by atoms with Gasteiger partial charge in [-0.15, -0.1) is 0 Å². The summed E-state index contributed by atoms with van der Waals surface area (Å²) >= 11 is 0. The van der Waals surface area contributed by atoms with E-state index in [9.17, 15) is 0 Å². The highest BCUT2D eigenvalue weighted by Gasteiger charge is 2.22. The van der Waals surface area contributed by atoms with Gasteiger partial charge in [0.05, 0.1) is 11.8 Å². The molecule has 0 radical (unpaired) electrons. The molecule has 0 bridgehead atoms. The van der Waals surface area contributed by atoms with Crippen molar-refractivity contribution in [1.82, 2.24) is 5.32 Å². The van der Waals surface area contributed by atoms with E-state index < -0.39 is 0 Å². The average Bonchev–Trinajstić information content (AvgIpc) is 2.32. The van der Waals surface area contributed by atoms with Crippen molar-refractivity contribution in [3.05, 3.63) is 23.3 Å². The molecule has 1 saturated heterocycles. The molecule has 1 fully saturated rings. The van der Waals surface area contributed by atoms with E-state index in [1.807, 2.05) is 13.8 Å². The molecule has 2 atom stereocenters. The summed E-state index contributed by atoms with van der Waals surface area (Å²) in [6, 6.07) is 4.80. The number of anilines is 1. The summed E-state index contributed by atoms with van der Waals surface area (Å²) in [4.78, 5) is 0. The lowest BCUT2D eigenvalue weighted by atomic mass is 9.84. The molecule has 0 amide bonds. The van der Waals surface area contributed by atoms with Crippen LogP contribution in [0.1, 0.15) is 50.7 Å². The second-order valence-electron chi connectivity index (χ2n) is 5.99. The average molecular weight is 262 g/mol. The van der Waals surface area contributed by atoms with Crippen molar-refractivity contribution in [2.24, 2.45) is 0 Å². The van der Waals surface area contributed by atoms with Crippen molar-refractivity contribution in [2.45, 2.75) is 58.6 Å². The minimum atomic E-state index is 0.157. The Balaban J connectivity index is 2.28. The predicted octanol–water partition coefficient (Wildman–Crippen LogP) is 3.22. The molecule has 1 aromatic carbocycles. The van der Waals surface area contributed by atoms with Crippen LogP contribution in [0.2, 0.25) is 0 Å². The molecule has 3 N–H and O–H groups in total. The van der Waals surface area contributed by atoms with Crippen LogP contribution in [0.5, 0.6) is 5.75 Å². The number of nitrogens with one attached hydrogen (secondary N) is 1. The van der Waals surface area contributed by atoms with E-state index in [-0.39, 0.29) is 6.10 Å². The van der Waals surface area contributed by atoms with E-state index in [1.54, 1.807) is 0 Å². The number of rotatable bonds is 3. The van der Waals surface area contributed by atoms with E-state index in [1.165, 1.54) is 24.0 Å². The third-order valence-electron chi connectivity index (χ3n) is 3.82. The summed E-state index contributed by atoms with van der Waals surface area (Å²) in [6.07, 6.45) is 2.53. The second kappa shape index (κ2) is 5.83. The van der Waals surface area contributed by atoms with Crippen molar-refractivity contribution in [1.29, 1.82) is 0 Å². The first-order valence-corrected chi connectivity index (χ1v) is 7.27. The van der Waals surface area contributed by atoms with E-state index >= 15 is 0 Å². The lowest BCUT2D eigenvalue weighted by Gasteiger charge is -2.30. The van der Waals surface area contributed by atoms with Crippen LogP contribution >= 0.6 is 0 Å². The van der Waals surface area contributed by atoms with Gasteiger partial charge in [0.25, 0.3) is 0 Å². The van der Waals surface area contributed by atoms with Gasteiger partial charge in [-0.2, -0.15) is 0 Å². The lowest BCUT2D eigenvalue weighted by Crippen LogP contribution is -2.35. The van der Waals surface area contributed by atoms with Crippen molar-refractivity contribution in [3.8, 4) is 5.75 Å². The maximum Gasteiger partial charge on any atom is 0.142 e. The molecule has 2 unspecified atom stereocenters. The Morgan fingerprint density at radius 2 is 2.11 bits per heavy atom. The normalized spacial score (nSPS) is 23.6. The molecule has 106 valence electrons. The molecule has 1 aromatic rings. The van der Waals surface area contributed by atoms with Crippen molar-refractivity contribution >= 4 is 5.69 Å². The Labute approximate surface area is 116 Å². The highest BCUT2D eigenvalue weighted by molar-refractivity contribution is 5.57. The molecule has 3 heteroatoms. The molecule has 0 saturated carbocycles. The number of benzene rings is 1. The number of hydrogen-bond donors (Lipinski definition) is 2. The standard InChI is InChI=1S/C16H26N2O/c1-10(2)19-16-9-14(11(3)7-15(16)17)13-5-6-18-12(4)8-13/h7,9-10,12-13,18H,5-6,8,17H2,1-4H3. The SMILES string of the molecule is Cc1cc(N)c(OC(C)C)cc1C1CCNC(C)C1. The van der Waals surface area contributed by atoms with Crippen LogP contribution < -0.4 is 15.8 Å². The van der Waals surface area contributed by atoms with Crippen LogP contribution in [0.3, 0.4) is 0 Å². The molecule has 1 aliphatic rings. The van der Waals surface area contributed by atoms with Crippen LogP contribution in [-0.4, -0.2) is 18.7 Å². The maximum absolute atomic E-state index is 6.06. The smallest absolute Gasteiger partial charge is 0.142 e. The molecule has 1 heterocycles. The Bertz CT molecular complexity index is 443. The van der Waals surface area contributed by atoms with E-state index in [0.717, 1.165) is 18.0 Å². The fourth-order valence-corrected chi connectivity index (χ4v) is 2.94. The minimum Gasteiger partial charge on any atom is -0.489 e. The van der Waals surface area contributed by atoms with Gasteiger partial charge in [-0.05, 0) is 76.3 Å². The van der Waals surface area contributed by atoms with E-state index in [0.29, 0.717) is 12.0 Å². The van der Waals surface area contributed by atoms with E-state index in [4.69, 9.17) is 10.5 Å². The first kappa shape index (κ1) is 14.2. The first-order chi connectivity index (χ1) is 8.97. The zero-order valence-electron chi connectivity index (χ0n) is 12.5. The monoisotopic (exact) mass is 262 g/mol. The molecule has 0 aliphatic carbocycles. The third-order valence-corrected chi connectivity index (χ3v) is 3.82. The van der Waals surface area contributed by atoms with Gasteiger partial charge in [0.15, 0.2) is 0 Å². The maximum atomic E-state index is 6.06. The largest absolute Gasteiger partial charge is 0.489 e. The molecule has 19 heavy (non-hydrogen) atoms. The van der Waals surface area contributed by atoms with Crippen molar-refractivity contribution < 1.29 is 4.74 Å². The highest BCUT2D eigenvalue weighted by Crippen LogP contribution is 2.35. The van der Waals surface area contributed by atoms with Gasteiger partial charge in [-0.3, -0.25) is 0 Å². The Kier molecular flexibility index (Phi) is 4.35. The molecule has 1 aliphatic heterocycles. The minimum absolute atomic E-state index is 0.157. The van der Waals surface area contributed by atoms with Crippen molar-refractivity contribution in [3.63, 3.8) is 0 Å². The summed E-state index contributed by atoms with van der Waals surface area (Å²) in [6.45, 7) is 9.56. The third kappa shape index (κ3) is 3.41. The first-order valence-electron chi connectivity index (χ1n) is 7.27. The number of hydrogen-bond acceptors (Lipinski definition) is 3. The Morgan fingerprint density at radius 3 is 2.74 bits per heavy atom. The van der Waals surface area contributed by atoms with Gasteiger partial charge in [0.2, 0.25) is 0 Å². The number of nitrogens with two attached hydrogens (primary N) is 1. The zero-order chi connectivity index (χ0) is 14.0. The van der Waals surface area contributed by atoms with E-state index in [2.05, 4.69) is 31.3 Å². The summed E-state index contributed by atoms with van der Waals surface area (Å²) in [5, 5.41) is 3.50. The molecule has 0 aromatic heterocycles. The van der Waals surface area contributed by atoms with Crippen LogP contribution in [0.25, 0.3) is 0 Å². The molecular formula is C16H26N2O. The zero-order valence-corrected chi connectivity index (χ0v) is 12.5. The van der Waals surface area contributed by atoms with Crippen LogP contribution in [0.15, 0.2) is 12.1 Å². The molecule has 3 nitrogen and oxygen atoms in total. The summed E-state index contributed by atoms with van der Waals surface area (Å²) in [7, 11) is 0. The summed E-state index contributed by atoms with van der Waals surface area (Å²) < 4.78 is 5.82. The molecule has 0 spiro atoms. The van der Waals surface area contributed by atoms with Gasteiger partial charge in [0, 0.05) is 6.04 Å². The predicted molar refractivity (Wildman–Crippen MR) is 80.8 cm³/mol. The highest BCUT2D eigenvalue weighted by atomic mass is 16.5. The summed E-state index contributed by atoms with van der Waals surface area (Å²) in [5.41, 5.74) is 9.49. The number of aryl methyl sites for hydroxylation is 1. The van der Waals surface area contributed by atoms with Gasteiger partial charge in [0.1, 0.15) is 5.75 Å². The number of piperidine rings is 1. The van der Waals surface area contributed by atoms with Crippen molar-refractivity contribution in [2.75, 3.05) is 12.3 Å². The Morgan fingerprint density at radius 1 is 1.37 bits per heavy atom. The Hall–Kier alpha value is -1.22. The van der Waals surface area contributed by atoms with Crippen LogP contribution in [0.4, 0.5) is 5.69 Å². The lowest BCUT2D eigenvalue weighted by molar-refractivity contribution is 0.243. The van der Waals surface area contributed by atoms with Crippen LogP contribution in [0, 0.1) is 6.92 Å². The van der Waals surface area contributed by atoms with Gasteiger partial charge in [-0.1, -0.05) is 0 Å². The fourth-order valence-electron chi connectivity index (χ4n) is 2.94. The molecule has 2 rings (SSSR count).